The minimum absolute atomic E-state index is 0.358. The van der Waals surface area contributed by atoms with Gasteiger partial charge in [0.05, 0.1) is 18.3 Å². The molecule has 2 fully saturated rings. The third-order valence-corrected chi connectivity index (χ3v) is 3.53. The van der Waals surface area contributed by atoms with Crippen LogP contribution in [0.4, 0.5) is 0 Å². The van der Waals surface area contributed by atoms with Gasteiger partial charge in [-0.1, -0.05) is 19.3 Å². The first-order valence-corrected chi connectivity index (χ1v) is 5.52. The zero-order valence-corrected chi connectivity index (χ0v) is 8.46. The largest absolute Gasteiger partial charge is 0.390 e. The van der Waals surface area contributed by atoms with Gasteiger partial charge in [-0.15, -0.1) is 0 Å². The Morgan fingerprint density at radius 3 is 2.46 bits per heavy atom. The Balaban J connectivity index is 1.86. The van der Waals surface area contributed by atoms with Crippen molar-refractivity contribution in [2.24, 2.45) is 5.92 Å². The molecule has 2 aliphatic rings. The Morgan fingerprint density at radius 2 is 1.92 bits per heavy atom. The average molecular weight is 184 g/mol. The molecule has 1 heterocycles. The van der Waals surface area contributed by atoms with Gasteiger partial charge in [-0.25, -0.2) is 0 Å². The molecule has 76 valence electrons. The Bertz CT molecular complexity index is 167. The normalized spacial score (nSPS) is 34.2. The lowest BCUT2D eigenvalue weighted by Gasteiger charge is -2.35. The Kier molecular flexibility index (Phi) is 2.61. The van der Waals surface area contributed by atoms with Gasteiger partial charge >= 0.3 is 0 Å². The molecule has 1 saturated heterocycles. The predicted molar refractivity (Wildman–Crippen MR) is 51.6 cm³/mol. The fourth-order valence-electron chi connectivity index (χ4n) is 2.54. The van der Waals surface area contributed by atoms with Crippen LogP contribution in [0.2, 0.25) is 0 Å². The number of hydrogen-bond acceptors (Lipinski definition) is 2. The van der Waals surface area contributed by atoms with Crippen molar-refractivity contribution < 1.29 is 9.84 Å². The highest BCUT2D eigenvalue weighted by Gasteiger charge is 2.38. The summed E-state index contributed by atoms with van der Waals surface area (Å²) in [7, 11) is 0. The predicted octanol–water partition coefficient (Wildman–Crippen LogP) is 2.11. The van der Waals surface area contributed by atoms with Gasteiger partial charge in [-0.05, 0) is 25.7 Å². The van der Waals surface area contributed by atoms with Gasteiger partial charge in [0.15, 0.2) is 0 Å². The summed E-state index contributed by atoms with van der Waals surface area (Å²) in [5.41, 5.74) is -0.471. The zero-order chi connectivity index (χ0) is 9.31. The summed E-state index contributed by atoms with van der Waals surface area (Å²) in [4.78, 5) is 0. The van der Waals surface area contributed by atoms with Crippen molar-refractivity contribution in [1.29, 1.82) is 0 Å². The van der Waals surface area contributed by atoms with E-state index in [0.29, 0.717) is 12.0 Å². The van der Waals surface area contributed by atoms with E-state index in [4.69, 9.17) is 4.74 Å². The molecule has 2 unspecified atom stereocenters. The van der Waals surface area contributed by atoms with Gasteiger partial charge in [-0.3, -0.25) is 0 Å². The van der Waals surface area contributed by atoms with Gasteiger partial charge in [0.1, 0.15) is 0 Å². The Morgan fingerprint density at radius 1 is 1.31 bits per heavy atom. The minimum Gasteiger partial charge on any atom is -0.390 e. The first kappa shape index (κ1) is 9.47. The van der Waals surface area contributed by atoms with E-state index in [1.165, 1.54) is 32.1 Å². The highest BCUT2D eigenvalue weighted by atomic mass is 16.6. The summed E-state index contributed by atoms with van der Waals surface area (Å²) in [6.45, 7) is 2.85. The second kappa shape index (κ2) is 3.58. The molecule has 2 heteroatoms. The van der Waals surface area contributed by atoms with Crippen LogP contribution in [0.25, 0.3) is 0 Å². The van der Waals surface area contributed by atoms with Crippen molar-refractivity contribution in [1.82, 2.24) is 0 Å². The third kappa shape index (κ3) is 2.44. The summed E-state index contributed by atoms with van der Waals surface area (Å²) in [5.74, 6) is 0.519. The third-order valence-electron chi connectivity index (χ3n) is 3.53. The van der Waals surface area contributed by atoms with E-state index in [0.717, 1.165) is 13.0 Å². The molecule has 1 aliphatic heterocycles. The van der Waals surface area contributed by atoms with Gasteiger partial charge in [0.25, 0.3) is 0 Å². The Labute approximate surface area is 80.3 Å². The fourth-order valence-corrected chi connectivity index (χ4v) is 2.54. The van der Waals surface area contributed by atoms with E-state index in [9.17, 15) is 5.11 Å². The van der Waals surface area contributed by atoms with E-state index >= 15 is 0 Å². The molecular weight excluding hydrogens is 164 g/mol. The molecule has 13 heavy (non-hydrogen) atoms. The van der Waals surface area contributed by atoms with Crippen LogP contribution < -0.4 is 0 Å². The van der Waals surface area contributed by atoms with E-state index in [2.05, 4.69) is 0 Å². The topological polar surface area (TPSA) is 32.8 Å². The Hall–Kier alpha value is -0.0800. The lowest BCUT2D eigenvalue weighted by Crippen LogP contribution is -2.37. The molecule has 0 bridgehead atoms. The summed E-state index contributed by atoms with van der Waals surface area (Å²) in [6, 6.07) is 0. The van der Waals surface area contributed by atoms with Crippen LogP contribution in [0.15, 0.2) is 0 Å². The van der Waals surface area contributed by atoms with Crippen molar-refractivity contribution in [3.8, 4) is 0 Å². The van der Waals surface area contributed by atoms with Gasteiger partial charge in [-0.2, -0.15) is 0 Å². The van der Waals surface area contributed by atoms with Crippen LogP contribution in [0.5, 0.6) is 0 Å². The summed E-state index contributed by atoms with van der Waals surface area (Å²) < 4.78 is 5.18. The van der Waals surface area contributed by atoms with Crippen LogP contribution in [0, 0.1) is 5.92 Å². The first-order chi connectivity index (χ1) is 6.18. The molecule has 1 aliphatic carbocycles. The van der Waals surface area contributed by atoms with E-state index in [1.807, 2.05) is 6.92 Å². The molecule has 0 spiro atoms. The van der Waals surface area contributed by atoms with Crippen molar-refractivity contribution in [3.63, 3.8) is 0 Å². The lowest BCUT2D eigenvalue weighted by molar-refractivity contribution is -0.0285. The van der Waals surface area contributed by atoms with E-state index < -0.39 is 5.60 Å². The quantitative estimate of drug-likeness (QED) is 0.681. The SMILES string of the molecule is CC(O)(CC1CO1)C1CCCCC1. The van der Waals surface area contributed by atoms with Gasteiger partial charge in [0.2, 0.25) is 0 Å². The number of aliphatic hydroxyl groups is 1. The van der Waals surface area contributed by atoms with E-state index in [-0.39, 0.29) is 0 Å². The fraction of sp³-hybridized carbons (Fsp3) is 1.00. The molecule has 1 saturated carbocycles. The van der Waals surface area contributed by atoms with Crippen molar-refractivity contribution in [2.45, 2.75) is 57.2 Å². The molecule has 0 aromatic heterocycles. The summed E-state index contributed by atoms with van der Waals surface area (Å²) in [5, 5.41) is 10.3. The number of epoxide rings is 1. The summed E-state index contributed by atoms with van der Waals surface area (Å²) in [6.07, 6.45) is 7.57. The molecule has 2 atom stereocenters. The van der Waals surface area contributed by atoms with Crippen molar-refractivity contribution >= 4 is 0 Å². The maximum absolute atomic E-state index is 10.3. The number of rotatable bonds is 3. The first-order valence-electron chi connectivity index (χ1n) is 5.52. The molecule has 0 aromatic rings. The number of hydrogen-bond donors (Lipinski definition) is 1. The zero-order valence-electron chi connectivity index (χ0n) is 8.46. The van der Waals surface area contributed by atoms with Crippen molar-refractivity contribution in [3.05, 3.63) is 0 Å². The van der Waals surface area contributed by atoms with Crippen molar-refractivity contribution in [2.75, 3.05) is 6.61 Å². The van der Waals surface area contributed by atoms with Crippen LogP contribution in [-0.4, -0.2) is 23.4 Å². The highest BCUT2D eigenvalue weighted by Crippen LogP contribution is 2.37. The molecule has 2 nitrogen and oxygen atoms in total. The van der Waals surface area contributed by atoms with Gasteiger partial charge in [0, 0.05) is 6.42 Å². The average Bonchev–Trinajstić information content (AvgIpc) is 2.89. The van der Waals surface area contributed by atoms with Crippen LogP contribution in [-0.2, 0) is 4.74 Å². The standard InChI is InChI=1S/C11H20O2/c1-11(12,7-10-8-13-10)9-5-3-2-4-6-9/h9-10,12H,2-8H2,1H3. The van der Waals surface area contributed by atoms with Crippen LogP contribution >= 0.6 is 0 Å². The number of ether oxygens (including phenoxy) is 1. The smallest absolute Gasteiger partial charge is 0.0837 e. The van der Waals surface area contributed by atoms with Crippen LogP contribution in [0.1, 0.15) is 45.4 Å². The second-order valence-corrected chi connectivity index (χ2v) is 4.85. The lowest BCUT2D eigenvalue weighted by atomic mass is 9.76. The molecule has 0 amide bonds. The molecular formula is C11H20O2. The highest BCUT2D eigenvalue weighted by molar-refractivity contribution is 4.89. The van der Waals surface area contributed by atoms with Gasteiger partial charge < -0.3 is 9.84 Å². The molecule has 1 N–H and O–H groups in total. The van der Waals surface area contributed by atoms with E-state index in [1.54, 1.807) is 0 Å². The maximum Gasteiger partial charge on any atom is 0.0837 e. The minimum atomic E-state index is -0.471. The molecule has 0 radical (unpaired) electrons. The second-order valence-electron chi connectivity index (χ2n) is 4.85. The molecule has 0 aromatic carbocycles. The summed E-state index contributed by atoms with van der Waals surface area (Å²) >= 11 is 0. The maximum atomic E-state index is 10.3. The monoisotopic (exact) mass is 184 g/mol. The van der Waals surface area contributed by atoms with Crippen LogP contribution in [0.3, 0.4) is 0 Å². The molecule has 2 rings (SSSR count).